The van der Waals surface area contributed by atoms with Crippen LogP contribution in [0.2, 0.25) is 0 Å². The third kappa shape index (κ3) is 5.60. The Labute approximate surface area is 230 Å². The summed E-state index contributed by atoms with van der Waals surface area (Å²) in [6.45, 7) is 4.03. The van der Waals surface area contributed by atoms with Crippen molar-refractivity contribution in [2.45, 2.75) is 26.7 Å². The number of aromatic amines is 1. The molecule has 1 aliphatic rings. The maximum Gasteiger partial charge on any atom is 0.270 e. The SMILES string of the molecule is CCc1nc(-c2ccc(NC(=C3C(=O)Nc4ccc([N+](=O)[O-])cc43)c3ccc(CCNC(C)=O)cc3)cc2)c[nH]1. The predicted molar refractivity (Wildman–Crippen MR) is 154 cm³/mol. The third-order valence-corrected chi connectivity index (χ3v) is 6.65. The number of nitrogens with zero attached hydrogens (tertiary/aromatic N) is 2. The second-order valence-electron chi connectivity index (χ2n) is 9.41. The first-order valence-electron chi connectivity index (χ1n) is 12.9. The van der Waals surface area contributed by atoms with Gasteiger partial charge in [-0.2, -0.15) is 0 Å². The van der Waals surface area contributed by atoms with Gasteiger partial charge in [-0.25, -0.2) is 4.98 Å². The average Bonchev–Trinajstić information content (AvgIpc) is 3.56. The first-order valence-corrected chi connectivity index (χ1v) is 12.9. The molecule has 4 N–H and O–H groups in total. The Balaban J connectivity index is 1.53. The van der Waals surface area contributed by atoms with E-state index in [0.29, 0.717) is 35.5 Å². The van der Waals surface area contributed by atoms with Gasteiger partial charge in [-0.3, -0.25) is 19.7 Å². The van der Waals surface area contributed by atoms with Crippen LogP contribution in [0.4, 0.5) is 17.1 Å². The van der Waals surface area contributed by atoms with Gasteiger partial charge in [0, 0.05) is 60.7 Å². The summed E-state index contributed by atoms with van der Waals surface area (Å²) in [6, 6.07) is 19.7. The number of fused-ring (bicyclic) bond motifs is 1. The Kier molecular flexibility index (Phi) is 7.41. The summed E-state index contributed by atoms with van der Waals surface area (Å²) in [5, 5.41) is 20.5. The van der Waals surface area contributed by atoms with Crippen LogP contribution < -0.4 is 16.0 Å². The lowest BCUT2D eigenvalue weighted by Gasteiger charge is -2.16. The lowest BCUT2D eigenvalue weighted by Crippen LogP contribution is -2.22. The van der Waals surface area contributed by atoms with E-state index in [1.165, 1.54) is 19.1 Å². The number of nitro benzene ring substituents is 1. The molecule has 0 aliphatic carbocycles. The maximum absolute atomic E-state index is 13.2. The molecule has 0 spiro atoms. The number of aromatic nitrogens is 2. The normalized spacial score (nSPS) is 13.4. The maximum atomic E-state index is 13.2. The van der Waals surface area contributed by atoms with Crippen molar-refractivity contribution in [2.24, 2.45) is 0 Å². The van der Waals surface area contributed by atoms with Crippen molar-refractivity contribution >= 4 is 40.1 Å². The number of non-ortho nitro benzene ring substituents is 1. The lowest BCUT2D eigenvalue weighted by atomic mass is 9.98. The number of benzene rings is 3. The topological polar surface area (TPSA) is 142 Å². The molecule has 1 aromatic heterocycles. The summed E-state index contributed by atoms with van der Waals surface area (Å²) >= 11 is 0. The van der Waals surface area contributed by atoms with Crippen LogP contribution in [-0.4, -0.2) is 33.3 Å². The fourth-order valence-corrected chi connectivity index (χ4v) is 4.58. The van der Waals surface area contributed by atoms with Crippen molar-refractivity contribution in [1.82, 2.24) is 15.3 Å². The number of hydrogen-bond acceptors (Lipinski definition) is 6. The van der Waals surface area contributed by atoms with Crippen LogP contribution in [0.1, 0.15) is 36.4 Å². The number of nitrogens with one attached hydrogen (secondary N) is 4. The first-order chi connectivity index (χ1) is 19.3. The molecule has 3 aromatic carbocycles. The highest BCUT2D eigenvalue weighted by molar-refractivity contribution is 6.37. The Hall–Kier alpha value is -5.25. The van der Waals surface area contributed by atoms with Gasteiger partial charge >= 0.3 is 0 Å². The van der Waals surface area contributed by atoms with Crippen molar-refractivity contribution in [3.8, 4) is 11.3 Å². The molecule has 4 aromatic rings. The predicted octanol–water partition coefficient (Wildman–Crippen LogP) is 5.16. The fraction of sp³-hybridized carbons (Fsp3) is 0.167. The number of aryl methyl sites for hydroxylation is 1. The number of rotatable bonds is 9. The molecule has 0 radical (unpaired) electrons. The Morgan fingerprint density at radius 1 is 1.05 bits per heavy atom. The van der Waals surface area contributed by atoms with E-state index in [1.54, 1.807) is 6.07 Å². The second kappa shape index (κ2) is 11.2. The summed E-state index contributed by atoms with van der Waals surface area (Å²) in [6.07, 6.45) is 3.34. The summed E-state index contributed by atoms with van der Waals surface area (Å²) in [5.74, 6) is 0.467. The largest absolute Gasteiger partial charge is 0.356 e. The van der Waals surface area contributed by atoms with E-state index >= 15 is 0 Å². The molecule has 10 heteroatoms. The van der Waals surface area contributed by atoms with Crippen molar-refractivity contribution in [1.29, 1.82) is 0 Å². The number of imidazole rings is 1. The number of nitro groups is 1. The van der Waals surface area contributed by atoms with Gasteiger partial charge in [-0.05, 0) is 35.7 Å². The standard InChI is InChI=1S/C30H28N6O4/c1-3-27-32-17-26(34-27)20-8-10-22(11-9-20)33-29(21-6-4-19(5-7-21)14-15-31-18(2)37)28-24-16-23(36(39)40)12-13-25(24)35-30(28)38/h4-13,16-17,33H,3,14-15H2,1-2H3,(H,31,37)(H,32,34)(H,35,38). The van der Waals surface area contributed by atoms with Crippen molar-refractivity contribution < 1.29 is 14.5 Å². The highest BCUT2D eigenvalue weighted by Crippen LogP contribution is 2.39. The average molecular weight is 537 g/mol. The molecule has 0 unspecified atom stereocenters. The van der Waals surface area contributed by atoms with Gasteiger partial charge in [0.2, 0.25) is 5.91 Å². The Morgan fingerprint density at radius 2 is 1.80 bits per heavy atom. The van der Waals surface area contributed by atoms with E-state index in [9.17, 15) is 19.7 Å². The van der Waals surface area contributed by atoms with Crippen LogP contribution >= 0.6 is 0 Å². The summed E-state index contributed by atoms with van der Waals surface area (Å²) in [7, 11) is 0. The van der Waals surface area contributed by atoms with E-state index in [1.807, 2.05) is 61.7 Å². The van der Waals surface area contributed by atoms with E-state index in [0.717, 1.165) is 40.3 Å². The number of carbonyl (C=O) groups excluding carboxylic acids is 2. The minimum Gasteiger partial charge on any atom is -0.356 e. The quantitative estimate of drug-likeness (QED) is 0.132. The van der Waals surface area contributed by atoms with Gasteiger partial charge in [0.05, 0.1) is 21.9 Å². The number of carbonyl (C=O) groups is 2. The molecule has 2 heterocycles. The van der Waals surface area contributed by atoms with Crippen LogP contribution in [0.5, 0.6) is 0 Å². The Bertz CT molecular complexity index is 1620. The van der Waals surface area contributed by atoms with Gasteiger partial charge in [-0.1, -0.05) is 43.3 Å². The smallest absolute Gasteiger partial charge is 0.270 e. The molecule has 0 bridgehead atoms. The van der Waals surface area contributed by atoms with Gasteiger partial charge < -0.3 is 20.9 Å². The van der Waals surface area contributed by atoms with Crippen LogP contribution in [0.25, 0.3) is 22.5 Å². The number of H-pyrrole nitrogens is 1. The van der Waals surface area contributed by atoms with Crippen molar-refractivity contribution in [3.05, 3.63) is 106 Å². The first kappa shape index (κ1) is 26.4. The lowest BCUT2D eigenvalue weighted by molar-refractivity contribution is -0.384. The summed E-state index contributed by atoms with van der Waals surface area (Å²) in [4.78, 5) is 43.2. The van der Waals surface area contributed by atoms with Crippen molar-refractivity contribution in [3.63, 3.8) is 0 Å². The third-order valence-electron chi connectivity index (χ3n) is 6.65. The molecule has 1 aliphatic heterocycles. The summed E-state index contributed by atoms with van der Waals surface area (Å²) < 4.78 is 0. The van der Waals surface area contributed by atoms with E-state index < -0.39 is 4.92 Å². The zero-order valence-corrected chi connectivity index (χ0v) is 22.1. The van der Waals surface area contributed by atoms with E-state index in [4.69, 9.17) is 0 Å². The molecule has 0 saturated carbocycles. The highest BCUT2D eigenvalue weighted by atomic mass is 16.6. The molecular formula is C30H28N6O4. The van der Waals surface area contributed by atoms with Crippen LogP contribution in [0.15, 0.2) is 72.9 Å². The monoisotopic (exact) mass is 536 g/mol. The molecule has 202 valence electrons. The molecule has 0 atom stereocenters. The molecule has 5 rings (SSSR count). The molecule has 2 amide bonds. The van der Waals surface area contributed by atoms with Crippen LogP contribution in [0, 0.1) is 10.1 Å². The fourth-order valence-electron chi connectivity index (χ4n) is 4.58. The number of anilines is 2. The van der Waals surface area contributed by atoms with E-state index in [2.05, 4.69) is 25.9 Å². The Morgan fingerprint density at radius 3 is 2.45 bits per heavy atom. The molecule has 0 fully saturated rings. The minimum absolute atomic E-state index is 0.0862. The summed E-state index contributed by atoms with van der Waals surface area (Å²) in [5.41, 5.74) is 5.97. The van der Waals surface area contributed by atoms with Crippen LogP contribution in [-0.2, 0) is 22.4 Å². The zero-order valence-electron chi connectivity index (χ0n) is 22.1. The number of hydrogen-bond donors (Lipinski definition) is 4. The van der Waals surface area contributed by atoms with E-state index in [-0.39, 0.29) is 17.5 Å². The van der Waals surface area contributed by atoms with Gasteiger partial charge in [0.15, 0.2) is 0 Å². The van der Waals surface area contributed by atoms with Gasteiger partial charge in [0.25, 0.3) is 11.6 Å². The van der Waals surface area contributed by atoms with Crippen LogP contribution in [0.3, 0.4) is 0 Å². The number of amides is 2. The molecule has 10 nitrogen and oxygen atoms in total. The second-order valence-corrected chi connectivity index (χ2v) is 9.41. The zero-order chi connectivity index (χ0) is 28.2. The van der Waals surface area contributed by atoms with Gasteiger partial charge in [0.1, 0.15) is 5.82 Å². The highest BCUT2D eigenvalue weighted by Gasteiger charge is 2.30. The molecule has 40 heavy (non-hydrogen) atoms. The molecular weight excluding hydrogens is 508 g/mol. The minimum atomic E-state index is -0.477. The van der Waals surface area contributed by atoms with Gasteiger partial charge in [-0.15, -0.1) is 0 Å². The van der Waals surface area contributed by atoms with Crippen molar-refractivity contribution in [2.75, 3.05) is 17.2 Å². The molecule has 0 saturated heterocycles.